The molecule has 2 aromatic rings. The standard InChI is InChI=1S/C14H18N2S/c1-3-11(2)10-16-13-6-4-12(5-7-13)14-15-8-9-17-14/h4-9,11,16H,3,10H2,1-2H3. The van der Waals surface area contributed by atoms with Gasteiger partial charge in [-0.25, -0.2) is 4.98 Å². The van der Waals surface area contributed by atoms with Crippen LogP contribution in [-0.2, 0) is 0 Å². The number of hydrogen-bond donors (Lipinski definition) is 1. The van der Waals surface area contributed by atoms with Gasteiger partial charge in [-0.15, -0.1) is 11.3 Å². The second-order valence-electron chi connectivity index (χ2n) is 4.31. The van der Waals surface area contributed by atoms with E-state index in [1.165, 1.54) is 17.7 Å². The molecule has 1 heterocycles. The highest BCUT2D eigenvalue weighted by Crippen LogP contribution is 2.23. The first-order valence-corrected chi connectivity index (χ1v) is 6.91. The lowest BCUT2D eigenvalue weighted by Gasteiger charge is -2.11. The number of thiazole rings is 1. The molecule has 0 fully saturated rings. The van der Waals surface area contributed by atoms with Crippen LogP contribution in [0.1, 0.15) is 20.3 Å². The summed E-state index contributed by atoms with van der Waals surface area (Å²) in [7, 11) is 0. The third-order valence-corrected chi connectivity index (χ3v) is 3.74. The Morgan fingerprint density at radius 1 is 1.29 bits per heavy atom. The van der Waals surface area contributed by atoms with Gasteiger partial charge in [-0.05, 0) is 30.2 Å². The largest absolute Gasteiger partial charge is 0.385 e. The third-order valence-electron chi connectivity index (χ3n) is 2.92. The SMILES string of the molecule is CCC(C)CNc1ccc(-c2nccs2)cc1. The molecule has 0 aliphatic heterocycles. The Kier molecular flexibility index (Phi) is 4.15. The second kappa shape index (κ2) is 5.82. The molecule has 0 bridgehead atoms. The number of aromatic nitrogens is 1. The zero-order valence-corrected chi connectivity index (χ0v) is 11.1. The summed E-state index contributed by atoms with van der Waals surface area (Å²) in [6, 6.07) is 8.49. The lowest BCUT2D eigenvalue weighted by molar-refractivity contribution is 0.593. The van der Waals surface area contributed by atoms with E-state index in [2.05, 4.69) is 48.4 Å². The Morgan fingerprint density at radius 2 is 2.06 bits per heavy atom. The Bertz CT molecular complexity index is 434. The van der Waals surface area contributed by atoms with Crippen molar-refractivity contribution in [3.05, 3.63) is 35.8 Å². The van der Waals surface area contributed by atoms with Crippen LogP contribution in [-0.4, -0.2) is 11.5 Å². The molecule has 0 saturated carbocycles. The van der Waals surface area contributed by atoms with Gasteiger partial charge < -0.3 is 5.32 Å². The molecular formula is C14H18N2S. The van der Waals surface area contributed by atoms with Gasteiger partial charge in [0.05, 0.1) is 0 Å². The van der Waals surface area contributed by atoms with Crippen LogP contribution >= 0.6 is 11.3 Å². The number of rotatable bonds is 5. The maximum atomic E-state index is 4.30. The summed E-state index contributed by atoms with van der Waals surface area (Å²) in [6.45, 7) is 5.52. The van der Waals surface area contributed by atoms with E-state index in [0.717, 1.165) is 11.6 Å². The Labute approximate surface area is 107 Å². The van der Waals surface area contributed by atoms with Crippen LogP contribution in [0.5, 0.6) is 0 Å². The first-order chi connectivity index (χ1) is 8.29. The number of benzene rings is 1. The van der Waals surface area contributed by atoms with Crippen LogP contribution in [0.2, 0.25) is 0 Å². The monoisotopic (exact) mass is 246 g/mol. The molecule has 90 valence electrons. The Hall–Kier alpha value is -1.35. The third kappa shape index (κ3) is 3.30. The van der Waals surface area contributed by atoms with Gasteiger partial charge in [0.25, 0.3) is 0 Å². The van der Waals surface area contributed by atoms with Crippen molar-refractivity contribution >= 4 is 17.0 Å². The van der Waals surface area contributed by atoms with Gasteiger partial charge in [-0.1, -0.05) is 20.3 Å². The summed E-state index contributed by atoms with van der Waals surface area (Å²) < 4.78 is 0. The number of anilines is 1. The molecule has 2 nitrogen and oxygen atoms in total. The first kappa shape index (κ1) is 12.1. The molecule has 0 aliphatic carbocycles. The van der Waals surface area contributed by atoms with Crippen LogP contribution in [0.3, 0.4) is 0 Å². The molecule has 1 N–H and O–H groups in total. The van der Waals surface area contributed by atoms with Crippen LogP contribution in [0.4, 0.5) is 5.69 Å². The normalized spacial score (nSPS) is 12.4. The van der Waals surface area contributed by atoms with Crippen molar-refractivity contribution in [3.63, 3.8) is 0 Å². The van der Waals surface area contributed by atoms with Crippen molar-refractivity contribution in [1.82, 2.24) is 4.98 Å². The molecule has 0 spiro atoms. The van der Waals surface area contributed by atoms with E-state index < -0.39 is 0 Å². The van der Waals surface area contributed by atoms with E-state index in [1.807, 2.05) is 11.6 Å². The average molecular weight is 246 g/mol. The fraction of sp³-hybridized carbons (Fsp3) is 0.357. The van der Waals surface area contributed by atoms with E-state index >= 15 is 0 Å². The Morgan fingerprint density at radius 3 is 2.65 bits per heavy atom. The molecule has 0 radical (unpaired) electrons. The summed E-state index contributed by atoms with van der Waals surface area (Å²) in [5.74, 6) is 0.716. The molecule has 1 aromatic heterocycles. The zero-order chi connectivity index (χ0) is 12.1. The van der Waals surface area contributed by atoms with Gasteiger partial charge in [-0.3, -0.25) is 0 Å². The van der Waals surface area contributed by atoms with Gasteiger partial charge >= 0.3 is 0 Å². The van der Waals surface area contributed by atoms with Gasteiger partial charge in [0.1, 0.15) is 5.01 Å². The van der Waals surface area contributed by atoms with Crippen LogP contribution in [0.25, 0.3) is 10.6 Å². The van der Waals surface area contributed by atoms with Gasteiger partial charge in [0.15, 0.2) is 0 Å². The maximum Gasteiger partial charge on any atom is 0.123 e. The molecule has 17 heavy (non-hydrogen) atoms. The van der Waals surface area contributed by atoms with Crippen molar-refractivity contribution < 1.29 is 0 Å². The molecule has 3 heteroatoms. The van der Waals surface area contributed by atoms with Crippen LogP contribution < -0.4 is 5.32 Å². The Balaban J connectivity index is 1.99. The highest BCUT2D eigenvalue weighted by atomic mass is 32.1. The minimum atomic E-state index is 0.716. The predicted molar refractivity (Wildman–Crippen MR) is 75.5 cm³/mol. The molecule has 1 atom stereocenters. The average Bonchev–Trinajstić information content (AvgIpc) is 2.90. The van der Waals surface area contributed by atoms with Crippen LogP contribution in [0, 0.1) is 5.92 Å². The lowest BCUT2D eigenvalue weighted by atomic mass is 10.1. The number of nitrogens with zero attached hydrogens (tertiary/aromatic N) is 1. The first-order valence-electron chi connectivity index (χ1n) is 6.03. The summed E-state index contributed by atoms with van der Waals surface area (Å²) >= 11 is 1.67. The lowest BCUT2D eigenvalue weighted by Crippen LogP contribution is -2.09. The minimum Gasteiger partial charge on any atom is -0.385 e. The summed E-state index contributed by atoms with van der Waals surface area (Å²) in [4.78, 5) is 4.30. The van der Waals surface area contributed by atoms with Gasteiger partial charge in [-0.2, -0.15) is 0 Å². The molecule has 0 amide bonds. The van der Waals surface area contributed by atoms with E-state index in [9.17, 15) is 0 Å². The van der Waals surface area contributed by atoms with Crippen molar-refractivity contribution in [2.75, 3.05) is 11.9 Å². The van der Waals surface area contributed by atoms with E-state index in [0.29, 0.717) is 5.92 Å². The smallest absolute Gasteiger partial charge is 0.123 e. The summed E-state index contributed by atoms with van der Waals surface area (Å²) in [5.41, 5.74) is 2.37. The fourth-order valence-corrected chi connectivity index (χ4v) is 2.18. The van der Waals surface area contributed by atoms with Crippen molar-refractivity contribution in [2.24, 2.45) is 5.92 Å². The molecule has 0 aliphatic rings. The predicted octanol–water partition coefficient (Wildman–Crippen LogP) is 4.27. The van der Waals surface area contributed by atoms with E-state index in [4.69, 9.17) is 0 Å². The number of nitrogens with one attached hydrogen (secondary N) is 1. The zero-order valence-electron chi connectivity index (χ0n) is 10.3. The second-order valence-corrected chi connectivity index (χ2v) is 5.20. The highest BCUT2D eigenvalue weighted by Gasteiger charge is 2.01. The van der Waals surface area contributed by atoms with Gasteiger partial charge in [0.2, 0.25) is 0 Å². The maximum absolute atomic E-state index is 4.30. The highest BCUT2D eigenvalue weighted by molar-refractivity contribution is 7.13. The molecular weight excluding hydrogens is 228 g/mol. The summed E-state index contributed by atoms with van der Waals surface area (Å²) in [5, 5.41) is 6.54. The van der Waals surface area contributed by atoms with Crippen molar-refractivity contribution in [1.29, 1.82) is 0 Å². The van der Waals surface area contributed by atoms with E-state index in [1.54, 1.807) is 11.3 Å². The summed E-state index contributed by atoms with van der Waals surface area (Å²) in [6.07, 6.45) is 3.05. The van der Waals surface area contributed by atoms with Gasteiger partial charge in [0, 0.05) is 29.4 Å². The topological polar surface area (TPSA) is 24.9 Å². The minimum absolute atomic E-state index is 0.716. The van der Waals surface area contributed by atoms with Crippen LogP contribution in [0.15, 0.2) is 35.8 Å². The van der Waals surface area contributed by atoms with Crippen molar-refractivity contribution in [3.8, 4) is 10.6 Å². The quantitative estimate of drug-likeness (QED) is 0.852. The number of hydrogen-bond acceptors (Lipinski definition) is 3. The fourth-order valence-electron chi connectivity index (χ4n) is 1.53. The molecule has 1 aromatic carbocycles. The molecule has 0 saturated heterocycles. The van der Waals surface area contributed by atoms with Crippen molar-refractivity contribution in [2.45, 2.75) is 20.3 Å². The molecule has 2 rings (SSSR count). The molecule has 1 unspecified atom stereocenters. The van der Waals surface area contributed by atoms with E-state index in [-0.39, 0.29) is 0 Å².